The van der Waals surface area contributed by atoms with Crippen LogP contribution in [0, 0.1) is 0 Å². The second-order valence-corrected chi connectivity index (χ2v) is 6.18. The Morgan fingerprint density at radius 1 is 1.23 bits per heavy atom. The Bertz CT molecular complexity index is 955. The number of ether oxygens (including phenoxy) is 1. The quantitative estimate of drug-likeness (QED) is 0.686. The van der Waals surface area contributed by atoms with Crippen LogP contribution in [-0.4, -0.2) is 40.7 Å². The first-order valence-electron chi connectivity index (χ1n) is 7.50. The molecule has 0 unspecified atom stereocenters. The van der Waals surface area contributed by atoms with Gasteiger partial charge >= 0.3 is 6.18 Å². The van der Waals surface area contributed by atoms with Gasteiger partial charge in [0.25, 0.3) is 0 Å². The van der Waals surface area contributed by atoms with Crippen LogP contribution in [0.25, 0.3) is 11.2 Å². The Labute approximate surface area is 152 Å². The van der Waals surface area contributed by atoms with E-state index in [2.05, 4.69) is 15.0 Å². The second-order valence-electron chi connectivity index (χ2n) is 5.78. The fraction of sp³-hybridized carbons (Fsp3) is 0.312. The molecule has 0 aliphatic carbocycles. The number of halogens is 4. The Balaban J connectivity index is 2.11. The Morgan fingerprint density at radius 3 is 2.58 bits per heavy atom. The fourth-order valence-electron chi connectivity index (χ4n) is 2.48. The standard InChI is InChI=1S/C16H15ClF3N5O/c1-24(2)13-12-14(23-15(22-13)16(18,19)20)25(8-21-12)7-9-4-5-10(17)11(6-9)26-3/h4-6,8H,7H2,1-3H3. The summed E-state index contributed by atoms with van der Waals surface area (Å²) in [5, 5.41) is 0.448. The van der Waals surface area contributed by atoms with E-state index in [1.54, 1.807) is 32.3 Å². The summed E-state index contributed by atoms with van der Waals surface area (Å²) in [6.07, 6.45) is -3.22. The molecule has 2 heterocycles. The number of alkyl halides is 3. The van der Waals surface area contributed by atoms with Crippen molar-refractivity contribution in [2.24, 2.45) is 0 Å². The Hall–Kier alpha value is -2.55. The van der Waals surface area contributed by atoms with Crippen LogP contribution in [0.3, 0.4) is 0 Å². The van der Waals surface area contributed by atoms with Gasteiger partial charge in [0, 0.05) is 14.1 Å². The molecule has 2 aromatic heterocycles. The van der Waals surface area contributed by atoms with Crippen LogP contribution in [0.4, 0.5) is 19.0 Å². The number of fused-ring (bicyclic) bond motifs is 1. The van der Waals surface area contributed by atoms with Crippen LogP contribution >= 0.6 is 11.6 Å². The lowest BCUT2D eigenvalue weighted by Gasteiger charge is -2.14. The van der Waals surface area contributed by atoms with Crippen molar-refractivity contribution in [1.29, 1.82) is 0 Å². The minimum atomic E-state index is -4.66. The van der Waals surface area contributed by atoms with Crippen LogP contribution in [0.5, 0.6) is 5.75 Å². The van der Waals surface area contributed by atoms with Crippen molar-refractivity contribution < 1.29 is 17.9 Å². The number of imidazole rings is 1. The summed E-state index contributed by atoms with van der Waals surface area (Å²) in [5.74, 6) is -0.618. The Morgan fingerprint density at radius 2 is 1.96 bits per heavy atom. The van der Waals surface area contributed by atoms with Crippen LogP contribution in [0.2, 0.25) is 5.02 Å². The topological polar surface area (TPSA) is 56.1 Å². The first-order valence-corrected chi connectivity index (χ1v) is 7.88. The first-order chi connectivity index (χ1) is 12.2. The van der Waals surface area contributed by atoms with Gasteiger partial charge in [-0.05, 0) is 17.7 Å². The summed E-state index contributed by atoms with van der Waals surface area (Å²) in [6.45, 7) is 0.255. The largest absolute Gasteiger partial charge is 0.495 e. The molecule has 1 aromatic carbocycles. The molecule has 0 aliphatic rings. The molecule has 0 saturated carbocycles. The van der Waals surface area contributed by atoms with Crippen molar-refractivity contribution in [2.45, 2.75) is 12.7 Å². The zero-order chi connectivity index (χ0) is 19.1. The smallest absolute Gasteiger partial charge is 0.451 e. The maximum Gasteiger partial charge on any atom is 0.451 e. The maximum atomic E-state index is 13.2. The van der Waals surface area contributed by atoms with E-state index in [0.29, 0.717) is 16.3 Å². The van der Waals surface area contributed by atoms with Crippen molar-refractivity contribution in [3.63, 3.8) is 0 Å². The molecule has 138 valence electrons. The van der Waals surface area contributed by atoms with Crippen LogP contribution < -0.4 is 9.64 Å². The molecule has 6 nitrogen and oxygen atoms in total. The predicted octanol–water partition coefficient (Wildman–Crippen LogP) is 3.62. The van der Waals surface area contributed by atoms with Crippen molar-refractivity contribution in [3.8, 4) is 5.75 Å². The minimum absolute atomic E-state index is 0.102. The number of methoxy groups -OCH3 is 1. The van der Waals surface area contributed by atoms with Crippen LogP contribution in [0.1, 0.15) is 11.4 Å². The van der Waals surface area contributed by atoms with Crippen molar-refractivity contribution in [1.82, 2.24) is 19.5 Å². The predicted molar refractivity (Wildman–Crippen MR) is 91.8 cm³/mol. The van der Waals surface area contributed by atoms with E-state index in [-0.39, 0.29) is 18.0 Å². The number of hydrogen-bond acceptors (Lipinski definition) is 5. The maximum absolute atomic E-state index is 13.2. The third kappa shape index (κ3) is 3.39. The highest BCUT2D eigenvalue weighted by Gasteiger charge is 2.36. The number of benzene rings is 1. The molecule has 3 aromatic rings. The van der Waals surface area contributed by atoms with E-state index in [9.17, 15) is 13.2 Å². The number of rotatable bonds is 4. The van der Waals surface area contributed by atoms with Crippen molar-refractivity contribution in [3.05, 3.63) is 40.9 Å². The van der Waals surface area contributed by atoms with Gasteiger partial charge in [-0.25, -0.2) is 15.0 Å². The van der Waals surface area contributed by atoms with Gasteiger partial charge in [0.05, 0.1) is 25.0 Å². The highest BCUT2D eigenvalue weighted by atomic mass is 35.5. The average Bonchev–Trinajstić information content (AvgIpc) is 2.97. The lowest BCUT2D eigenvalue weighted by molar-refractivity contribution is -0.144. The average molecular weight is 386 g/mol. The molecular formula is C16H15ClF3N5O. The molecule has 3 rings (SSSR count). The lowest BCUT2D eigenvalue weighted by atomic mass is 10.2. The minimum Gasteiger partial charge on any atom is -0.495 e. The van der Waals surface area contributed by atoms with Gasteiger partial charge in [0.2, 0.25) is 5.82 Å². The Kier molecular flexibility index (Phi) is 4.66. The second kappa shape index (κ2) is 6.64. The number of nitrogens with zero attached hydrogens (tertiary/aromatic N) is 5. The SMILES string of the molecule is COc1cc(Cn2cnc3c(N(C)C)nc(C(F)(F)F)nc32)ccc1Cl. The molecule has 0 spiro atoms. The summed E-state index contributed by atoms with van der Waals surface area (Å²) < 4.78 is 46.2. The van der Waals surface area contributed by atoms with Gasteiger partial charge in [0.1, 0.15) is 5.75 Å². The fourth-order valence-corrected chi connectivity index (χ4v) is 2.68. The third-order valence-corrected chi connectivity index (χ3v) is 4.00. The molecule has 0 fully saturated rings. The number of aromatic nitrogens is 4. The van der Waals surface area contributed by atoms with E-state index in [4.69, 9.17) is 16.3 Å². The van der Waals surface area contributed by atoms with E-state index < -0.39 is 12.0 Å². The molecule has 0 radical (unpaired) electrons. The highest BCUT2D eigenvalue weighted by Crippen LogP contribution is 2.31. The van der Waals surface area contributed by atoms with Crippen molar-refractivity contribution >= 4 is 28.6 Å². The van der Waals surface area contributed by atoms with Gasteiger partial charge in [0.15, 0.2) is 17.0 Å². The molecule has 0 saturated heterocycles. The van der Waals surface area contributed by atoms with Crippen molar-refractivity contribution in [2.75, 3.05) is 26.1 Å². The lowest BCUT2D eigenvalue weighted by Crippen LogP contribution is -2.18. The van der Waals surface area contributed by atoms with E-state index in [0.717, 1.165) is 5.56 Å². The third-order valence-electron chi connectivity index (χ3n) is 3.69. The van der Waals surface area contributed by atoms with E-state index >= 15 is 0 Å². The summed E-state index contributed by atoms with van der Waals surface area (Å²) in [6, 6.07) is 5.14. The van der Waals surface area contributed by atoms with Crippen LogP contribution in [0.15, 0.2) is 24.5 Å². The monoisotopic (exact) mass is 385 g/mol. The summed E-state index contributed by atoms with van der Waals surface area (Å²) in [7, 11) is 4.69. The summed E-state index contributed by atoms with van der Waals surface area (Å²) >= 11 is 6.00. The molecule has 0 amide bonds. The normalized spacial score (nSPS) is 11.8. The summed E-state index contributed by atoms with van der Waals surface area (Å²) in [4.78, 5) is 13.0. The van der Waals surface area contributed by atoms with Gasteiger partial charge in [-0.2, -0.15) is 13.2 Å². The van der Waals surface area contributed by atoms with E-state index in [1.165, 1.54) is 22.9 Å². The number of hydrogen-bond donors (Lipinski definition) is 0. The molecule has 10 heteroatoms. The molecule has 0 N–H and O–H groups in total. The molecule has 0 bridgehead atoms. The molecule has 26 heavy (non-hydrogen) atoms. The molecule has 0 atom stereocenters. The number of anilines is 1. The van der Waals surface area contributed by atoms with Crippen LogP contribution in [-0.2, 0) is 12.7 Å². The molecular weight excluding hydrogens is 371 g/mol. The van der Waals surface area contributed by atoms with Gasteiger partial charge in [-0.15, -0.1) is 0 Å². The van der Waals surface area contributed by atoms with E-state index in [1.807, 2.05) is 0 Å². The zero-order valence-electron chi connectivity index (χ0n) is 14.2. The first kappa shape index (κ1) is 18.2. The molecule has 0 aliphatic heterocycles. The zero-order valence-corrected chi connectivity index (χ0v) is 14.9. The van der Waals surface area contributed by atoms with Gasteiger partial charge in [-0.1, -0.05) is 17.7 Å². The highest BCUT2D eigenvalue weighted by molar-refractivity contribution is 6.32. The summed E-state index contributed by atoms with van der Waals surface area (Å²) in [5.41, 5.74) is 1.18. The van der Waals surface area contributed by atoms with Gasteiger partial charge in [-0.3, -0.25) is 0 Å². The van der Waals surface area contributed by atoms with Gasteiger partial charge < -0.3 is 14.2 Å².